The molecule has 2 heterocycles. The van der Waals surface area contributed by atoms with E-state index in [0.29, 0.717) is 24.7 Å². The van der Waals surface area contributed by atoms with Gasteiger partial charge in [0, 0.05) is 25.4 Å². The molecule has 1 N–H and O–H groups in total. The number of rotatable bonds is 4. The Morgan fingerprint density at radius 3 is 2.59 bits per heavy atom. The molecule has 3 rings (SSSR count). The molecular formula is C23H28N2O4. The number of hydrogen-bond donors (Lipinski definition) is 1. The van der Waals surface area contributed by atoms with Crippen molar-refractivity contribution in [2.75, 3.05) is 13.1 Å². The monoisotopic (exact) mass is 396 g/mol. The van der Waals surface area contributed by atoms with Crippen LogP contribution in [-0.2, 0) is 11.3 Å². The summed E-state index contributed by atoms with van der Waals surface area (Å²) in [5, 5.41) is 9.09. The van der Waals surface area contributed by atoms with Gasteiger partial charge in [-0.3, -0.25) is 0 Å². The quantitative estimate of drug-likeness (QED) is 0.805. The van der Waals surface area contributed by atoms with Gasteiger partial charge < -0.3 is 19.5 Å². The van der Waals surface area contributed by atoms with E-state index in [1.807, 2.05) is 45.0 Å². The zero-order valence-corrected chi connectivity index (χ0v) is 17.2. The van der Waals surface area contributed by atoms with Crippen molar-refractivity contribution in [3.05, 3.63) is 59.3 Å². The third-order valence-electron chi connectivity index (χ3n) is 4.49. The van der Waals surface area contributed by atoms with Crippen molar-refractivity contribution in [2.45, 2.75) is 45.8 Å². The summed E-state index contributed by atoms with van der Waals surface area (Å²) in [4.78, 5) is 18.1. The summed E-state index contributed by atoms with van der Waals surface area (Å²) < 4.78 is 11.3. The van der Waals surface area contributed by atoms with Crippen molar-refractivity contribution in [3.8, 4) is 11.6 Å². The normalized spacial score (nSPS) is 14.5. The van der Waals surface area contributed by atoms with E-state index in [-0.39, 0.29) is 12.7 Å². The number of aliphatic hydroxyl groups excluding tert-OH is 1. The number of aromatic nitrogens is 1. The van der Waals surface area contributed by atoms with Gasteiger partial charge in [-0.05, 0) is 62.9 Å². The van der Waals surface area contributed by atoms with Crippen LogP contribution in [0.1, 0.15) is 44.7 Å². The molecule has 0 aliphatic carbocycles. The van der Waals surface area contributed by atoms with E-state index in [0.717, 1.165) is 24.0 Å². The molecular weight excluding hydrogens is 368 g/mol. The highest BCUT2D eigenvalue weighted by Gasteiger charge is 2.24. The highest BCUT2D eigenvalue weighted by Crippen LogP contribution is 2.25. The Labute approximate surface area is 171 Å². The highest BCUT2D eigenvalue weighted by molar-refractivity contribution is 5.68. The average molecular weight is 396 g/mol. The lowest BCUT2D eigenvalue weighted by Gasteiger charge is -2.31. The van der Waals surface area contributed by atoms with Crippen LogP contribution in [0.3, 0.4) is 0 Å². The number of carbonyl (C=O) groups excluding carboxylic acids is 1. The zero-order chi connectivity index (χ0) is 20.9. The van der Waals surface area contributed by atoms with Crippen LogP contribution in [0.5, 0.6) is 11.6 Å². The lowest BCUT2D eigenvalue weighted by atomic mass is 10.0. The third-order valence-corrected chi connectivity index (χ3v) is 4.49. The van der Waals surface area contributed by atoms with Crippen LogP contribution in [-0.4, -0.2) is 39.8 Å². The van der Waals surface area contributed by atoms with Crippen molar-refractivity contribution >= 4 is 12.2 Å². The minimum absolute atomic E-state index is 0.0400. The fourth-order valence-electron chi connectivity index (χ4n) is 3.04. The minimum Gasteiger partial charge on any atom is -0.444 e. The number of carbonyl (C=O) groups is 1. The van der Waals surface area contributed by atoms with E-state index < -0.39 is 5.60 Å². The molecule has 2 aromatic rings. The second kappa shape index (κ2) is 9.09. The molecule has 0 radical (unpaired) electrons. The van der Waals surface area contributed by atoms with Gasteiger partial charge in [0.1, 0.15) is 11.4 Å². The Kier molecular flexibility index (Phi) is 6.54. The average Bonchev–Trinajstić information content (AvgIpc) is 2.68. The van der Waals surface area contributed by atoms with Gasteiger partial charge in [-0.25, -0.2) is 9.78 Å². The molecule has 6 nitrogen and oxygen atoms in total. The van der Waals surface area contributed by atoms with E-state index in [4.69, 9.17) is 14.6 Å². The minimum atomic E-state index is -0.471. The van der Waals surface area contributed by atoms with Gasteiger partial charge in [0.15, 0.2) is 0 Å². The van der Waals surface area contributed by atoms with E-state index in [2.05, 4.69) is 11.1 Å². The smallest absolute Gasteiger partial charge is 0.410 e. The summed E-state index contributed by atoms with van der Waals surface area (Å²) in [5.74, 6) is 1.19. The number of hydrogen-bond acceptors (Lipinski definition) is 5. The first-order valence-corrected chi connectivity index (χ1v) is 9.83. The Hall–Kier alpha value is -2.86. The van der Waals surface area contributed by atoms with Crippen molar-refractivity contribution in [2.24, 2.45) is 0 Å². The second-order valence-corrected chi connectivity index (χ2v) is 8.11. The van der Waals surface area contributed by atoms with Crippen LogP contribution >= 0.6 is 0 Å². The van der Waals surface area contributed by atoms with Crippen LogP contribution in [0.15, 0.2) is 48.2 Å². The second-order valence-electron chi connectivity index (χ2n) is 8.11. The lowest BCUT2D eigenvalue weighted by Crippen LogP contribution is -2.40. The molecule has 0 bridgehead atoms. The van der Waals surface area contributed by atoms with Crippen LogP contribution in [0.4, 0.5) is 4.79 Å². The molecule has 1 fully saturated rings. The molecule has 1 saturated heterocycles. The van der Waals surface area contributed by atoms with Crippen molar-refractivity contribution in [1.29, 1.82) is 0 Å². The maximum Gasteiger partial charge on any atom is 0.410 e. The van der Waals surface area contributed by atoms with Gasteiger partial charge >= 0.3 is 6.09 Å². The molecule has 1 amide bonds. The van der Waals surface area contributed by atoms with Gasteiger partial charge in [0.25, 0.3) is 0 Å². The van der Waals surface area contributed by atoms with Crippen LogP contribution in [0.25, 0.3) is 6.08 Å². The van der Waals surface area contributed by atoms with Gasteiger partial charge in [0.05, 0.1) is 6.61 Å². The number of aliphatic hydroxyl groups is 1. The predicted molar refractivity (Wildman–Crippen MR) is 112 cm³/mol. The molecule has 0 spiro atoms. The standard InChI is InChI=1S/C23H28N2O4/c1-23(2,3)29-22(27)25-11-9-17(10-12-25)13-18-5-4-6-20(14-18)28-21-8-7-19(16-26)15-24-21/h4-8,13-15,26H,9-12,16H2,1-3H3. The molecule has 1 aliphatic rings. The molecule has 29 heavy (non-hydrogen) atoms. The largest absolute Gasteiger partial charge is 0.444 e. The Bertz CT molecular complexity index is 859. The molecule has 0 unspecified atom stereocenters. The lowest BCUT2D eigenvalue weighted by molar-refractivity contribution is 0.0237. The summed E-state index contributed by atoms with van der Waals surface area (Å²) in [6, 6.07) is 11.3. The summed E-state index contributed by atoms with van der Waals surface area (Å²) in [5.41, 5.74) is 2.62. The van der Waals surface area contributed by atoms with Crippen molar-refractivity contribution in [3.63, 3.8) is 0 Å². The fourth-order valence-corrected chi connectivity index (χ4v) is 3.04. The number of ether oxygens (including phenoxy) is 2. The molecule has 0 saturated carbocycles. The summed E-state index contributed by atoms with van der Waals surface area (Å²) in [6.07, 6.45) is 5.16. The summed E-state index contributed by atoms with van der Waals surface area (Å²) >= 11 is 0. The first-order valence-electron chi connectivity index (χ1n) is 9.83. The topological polar surface area (TPSA) is 71.9 Å². The predicted octanol–water partition coefficient (Wildman–Crippen LogP) is 4.78. The molecule has 0 atom stereocenters. The number of nitrogens with zero attached hydrogens (tertiary/aromatic N) is 2. The number of amides is 1. The number of likely N-dealkylation sites (tertiary alicyclic amines) is 1. The molecule has 1 aliphatic heterocycles. The summed E-state index contributed by atoms with van der Waals surface area (Å²) in [6.45, 7) is 6.93. The molecule has 6 heteroatoms. The molecule has 1 aromatic carbocycles. The molecule has 154 valence electrons. The highest BCUT2D eigenvalue weighted by atomic mass is 16.6. The van der Waals surface area contributed by atoms with Crippen molar-refractivity contribution < 1.29 is 19.4 Å². The number of benzene rings is 1. The maximum atomic E-state index is 12.2. The zero-order valence-electron chi connectivity index (χ0n) is 17.2. The fraction of sp³-hybridized carbons (Fsp3) is 0.391. The first kappa shape index (κ1) is 20.9. The van der Waals surface area contributed by atoms with Gasteiger partial charge in [0.2, 0.25) is 5.88 Å². The Balaban J connectivity index is 1.60. The SMILES string of the molecule is CC(C)(C)OC(=O)N1CCC(=Cc2cccc(Oc3ccc(CO)cn3)c2)CC1. The Morgan fingerprint density at radius 2 is 1.97 bits per heavy atom. The maximum absolute atomic E-state index is 12.2. The van der Waals surface area contributed by atoms with Gasteiger partial charge in [-0.1, -0.05) is 23.8 Å². The Morgan fingerprint density at radius 1 is 1.21 bits per heavy atom. The van der Waals surface area contributed by atoms with E-state index in [1.54, 1.807) is 23.2 Å². The van der Waals surface area contributed by atoms with Gasteiger partial charge in [-0.15, -0.1) is 0 Å². The van der Waals surface area contributed by atoms with Crippen LogP contribution < -0.4 is 4.74 Å². The van der Waals surface area contributed by atoms with Crippen LogP contribution in [0.2, 0.25) is 0 Å². The number of piperidine rings is 1. The first-order chi connectivity index (χ1) is 13.8. The summed E-state index contributed by atoms with van der Waals surface area (Å²) in [7, 11) is 0. The van der Waals surface area contributed by atoms with E-state index >= 15 is 0 Å². The van der Waals surface area contributed by atoms with Crippen LogP contribution in [0, 0.1) is 0 Å². The third kappa shape index (κ3) is 6.32. The van der Waals surface area contributed by atoms with E-state index in [1.165, 1.54) is 5.57 Å². The van der Waals surface area contributed by atoms with E-state index in [9.17, 15) is 4.79 Å². The van der Waals surface area contributed by atoms with Gasteiger partial charge in [-0.2, -0.15) is 0 Å². The number of pyridine rings is 1. The molecule has 1 aromatic heterocycles. The van der Waals surface area contributed by atoms with Crippen molar-refractivity contribution in [1.82, 2.24) is 9.88 Å².